The summed E-state index contributed by atoms with van der Waals surface area (Å²) < 4.78 is 5.67. The molecule has 0 heterocycles. The molecule has 3 aliphatic rings. The van der Waals surface area contributed by atoms with E-state index >= 15 is 0 Å². The first-order chi connectivity index (χ1) is 20.2. The number of amides is 1. The van der Waals surface area contributed by atoms with Crippen LogP contribution in [0, 0.1) is 11.8 Å². The number of nitrogens with two attached hydrogens (primary N) is 1. The summed E-state index contributed by atoms with van der Waals surface area (Å²) in [4.78, 5) is 41.1. The molecule has 236 valence electrons. The zero-order chi connectivity index (χ0) is 31.5. The van der Waals surface area contributed by atoms with Gasteiger partial charge in [-0.15, -0.1) is 0 Å². The lowest BCUT2D eigenvalue weighted by Crippen LogP contribution is -2.65. The molecule has 4 atom stereocenters. The van der Waals surface area contributed by atoms with Crippen molar-refractivity contribution in [2.75, 3.05) is 21.2 Å². The fraction of sp³-hybridized carbons (Fsp3) is 0.424. The van der Waals surface area contributed by atoms with Crippen molar-refractivity contribution < 1.29 is 39.5 Å². The van der Waals surface area contributed by atoms with Crippen molar-refractivity contribution in [2.24, 2.45) is 17.6 Å². The number of Topliss-reactive ketones (excluding diaryl/α,β-unsaturated/α-hetero) is 2. The number of methoxy groups -OCH3 is 1. The van der Waals surface area contributed by atoms with Gasteiger partial charge in [-0.2, -0.15) is 0 Å². The van der Waals surface area contributed by atoms with Crippen LogP contribution in [0.25, 0.3) is 16.9 Å². The highest BCUT2D eigenvalue weighted by molar-refractivity contribution is 6.24. The SMILES string of the molecule is C.COc1ccc(CNC(C)C)cc1-c1ccc(O)c2c1C[C@H]1C[C@H]3[C@H](N(C)C)C(=O)C(C(N)=O)=C(O)[C@@]3(O)C(=O)C1=C2O. The van der Waals surface area contributed by atoms with Gasteiger partial charge in [0, 0.05) is 29.6 Å². The van der Waals surface area contributed by atoms with Crippen LogP contribution in [-0.4, -0.2) is 81.7 Å². The smallest absolute Gasteiger partial charge is 0.255 e. The molecule has 0 aromatic heterocycles. The summed E-state index contributed by atoms with van der Waals surface area (Å²) in [6, 6.07) is 8.03. The van der Waals surface area contributed by atoms with Gasteiger partial charge < -0.3 is 36.2 Å². The van der Waals surface area contributed by atoms with Crippen LogP contribution in [0.5, 0.6) is 11.5 Å². The van der Waals surface area contributed by atoms with Gasteiger partial charge in [-0.25, -0.2) is 0 Å². The number of fused-ring (bicyclic) bond motifs is 3. The number of carbonyl (C=O) groups excluding carboxylic acids is 3. The Morgan fingerprint density at radius 3 is 2.41 bits per heavy atom. The number of carbonyl (C=O) groups is 3. The lowest BCUT2D eigenvalue weighted by molar-refractivity contribution is -0.153. The van der Waals surface area contributed by atoms with Gasteiger partial charge in [0.05, 0.1) is 18.7 Å². The van der Waals surface area contributed by atoms with Crippen molar-refractivity contribution in [3.63, 3.8) is 0 Å². The molecular formula is C33H41N3O8. The standard InChI is InChI=1S/C32H37N3O8.CH4/c1-14(2)34-13-15-6-9-22(43-5)18(10-15)17-7-8-21(36)24-19(17)11-16-12-20-26(35(3)4)28(38)25(31(33)41)30(40)32(20,42)29(39)23(16)27(24)37;/h6-10,14,16,20,26,34,36-37,40,42H,11-13H2,1-5H3,(H2,33,41);1H4/t16-,20-,26-,32-;/m0./s1. The second-order valence-corrected chi connectivity index (χ2v) is 12.0. The van der Waals surface area contributed by atoms with Crippen molar-refractivity contribution in [3.8, 4) is 22.6 Å². The third kappa shape index (κ3) is 4.85. The number of primary amides is 1. The Balaban J connectivity index is 0.00000442. The van der Waals surface area contributed by atoms with Gasteiger partial charge in [-0.3, -0.25) is 19.3 Å². The van der Waals surface area contributed by atoms with Gasteiger partial charge >= 0.3 is 0 Å². The maximum Gasteiger partial charge on any atom is 0.255 e. The molecule has 3 aliphatic carbocycles. The third-order valence-corrected chi connectivity index (χ3v) is 8.87. The molecular weight excluding hydrogens is 566 g/mol. The van der Waals surface area contributed by atoms with Crippen molar-refractivity contribution in [1.82, 2.24) is 10.2 Å². The Morgan fingerprint density at radius 2 is 1.82 bits per heavy atom. The molecule has 7 N–H and O–H groups in total. The van der Waals surface area contributed by atoms with E-state index in [2.05, 4.69) is 5.32 Å². The average molecular weight is 608 g/mol. The van der Waals surface area contributed by atoms with Crippen LogP contribution in [0.1, 0.15) is 44.4 Å². The number of hydrogen-bond donors (Lipinski definition) is 6. The lowest BCUT2D eigenvalue weighted by Gasteiger charge is -2.50. The highest BCUT2D eigenvalue weighted by atomic mass is 16.5. The van der Waals surface area contributed by atoms with E-state index in [1.165, 1.54) is 11.0 Å². The minimum atomic E-state index is -2.68. The molecule has 11 nitrogen and oxygen atoms in total. The number of nitrogens with one attached hydrogen (secondary N) is 1. The zero-order valence-corrected chi connectivity index (χ0v) is 24.8. The third-order valence-electron chi connectivity index (χ3n) is 8.87. The van der Waals surface area contributed by atoms with E-state index in [1.807, 2.05) is 32.0 Å². The molecule has 11 heteroatoms. The quantitative estimate of drug-likeness (QED) is 0.256. The number of nitrogens with zero attached hydrogens (tertiary/aromatic N) is 1. The van der Waals surface area contributed by atoms with Crippen LogP contribution < -0.4 is 15.8 Å². The number of aromatic hydroxyl groups is 1. The summed E-state index contributed by atoms with van der Waals surface area (Å²) in [6.45, 7) is 4.70. The molecule has 1 amide bonds. The number of aliphatic hydroxyl groups excluding tert-OH is 2. The minimum Gasteiger partial charge on any atom is -0.508 e. The predicted molar refractivity (Wildman–Crippen MR) is 165 cm³/mol. The number of hydrogen-bond acceptors (Lipinski definition) is 10. The van der Waals surface area contributed by atoms with Gasteiger partial charge in [0.25, 0.3) is 5.91 Å². The maximum atomic E-state index is 14.1. The number of likely N-dealkylation sites (N-methyl/N-ethyl adjacent to an activating group) is 1. The number of ketones is 2. The monoisotopic (exact) mass is 607 g/mol. The van der Waals surface area contributed by atoms with Crippen molar-refractivity contribution in [2.45, 2.75) is 58.3 Å². The van der Waals surface area contributed by atoms with E-state index < -0.39 is 58.0 Å². The number of phenols is 1. The van der Waals surface area contributed by atoms with E-state index in [4.69, 9.17) is 10.5 Å². The van der Waals surface area contributed by atoms with Crippen LogP contribution in [0.4, 0.5) is 0 Å². The number of ether oxygens (including phenoxy) is 1. The largest absolute Gasteiger partial charge is 0.508 e. The number of aliphatic hydroxyl groups is 3. The summed E-state index contributed by atoms with van der Waals surface area (Å²) in [7, 11) is 4.68. The van der Waals surface area contributed by atoms with Crippen LogP contribution in [0.3, 0.4) is 0 Å². The van der Waals surface area contributed by atoms with Crippen molar-refractivity contribution in [3.05, 3.63) is 63.9 Å². The van der Waals surface area contributed by atoms with Crippen LogP contribution >= 0.6 is 0 Å². The van der Waals surface area contributed by atoms with Gasteiger partial charge in [0.2, 0.25) is 5.78 Å². The van der Waals surface area contributed by atoms with E-state index in [1.54, 1.807) is 27.3 Å². The first kappa shape index (κ1) is 32.7. The zero-order valence-electron chi connectivity index (χ0n) is 24.8. The van der Waals surface area contributed by atoms with Gasteiger partial charge in [0.1, 0.15) is 28.6 Å². The molecule has 5 rings (SSSR count). The fourth-order valence-electron chi connectivity index (χ4n) is 6.89. The Hall–Kier alpha value is -4.19. The highest BCUT2D eigenvalue weighted by Crippen LogP contribution is 2.54. The number of rotatable bonds is 7. The van der Waals surface area contributed by atoms with Gasteiger partial charge in [-0.05, 0) is 67.7 Å². The van der Waals surface area contributed by atoms with Gasteiger partial charge in [0.15, 0.2) is 11.4 Å². The number of benzene rings is 2. The summed E-state index contributed by atoms with van der Waals surface area (Å²) in [5, 5.41) is 48.7. The molecule has 1 fully saturated rings. The Bertz CT molecular complexity index is 1610. The summed E-state index contributed by atoms with van der Waals surface area (Å²) in [5.41, 5.74) is 4.66. The summed E-state index contributed by atoms with van der Waals surface area (Å²) in [6.07, 6.45) is 0.187. The maximum absolute atomic E-state index is 14.1. The fourth-order valence-corrected chi connectivity index (χ4v) is 6.89. The van der Waals surface area contributed by atoms with Crippen LogP contribution in [-0.2, 0) is 27.3 Å². The lowest BCUT2D eigenvalue weighted by atomic mass is 9.57. The topological polar surface area (TPSA) is 183 Å². The summed E-state index contributed by atoms with van der Waals surface area (Å²) in [5.74, 6) is -6.28. The van der Waals surface area contributed by atoms with E-state index in [0.29, 0.717) is 23.4 Å². The molecule has 2 aromatic rings. The van der Waals surface area contributed by atoms with Gasteiger partial charge in [-0.1, -0.05) is 33.4 Å². The van der Waals surface area contributed by atoms with E-state index in [0.717, 1.165) is 11.1 Å². The molecule has 0 radical (unpaired) electrons. The first-order valence-electron chi connectivity index (χ1n) is 14.1. The minimum absolute atomic E-state index is 0. The normalized spacial score (nSPS) is 24.6. The average Bonchev–Trinajstić information content (AvgIpc) is 2.93. The molecule has 2 aromatic carbocycles. The molecule has 0 spiro atoms. The van der Waals surface area contributed by atoms with E-state index in [9.17, 15) is 34.8 Å². The van der Waals surface area contributed by atoms with Crippen molar-refractivity contribution >= 4 is 23.2 Å². The first-order valence-corrected chi connectivity index (χ1v) is 14.1. The predicted octanol–water partition coefficient (Wildman–Crippen LogP) is 2.77. The molecule has 44 heavy (non-hydrogen) atoms. The Morgan fingerprint density at radius 1 is 1.14 bits per heavy atom. The van der Waals surface area contributed by atoms with Crippen LogP contribution in [0.2, 0.25) is 0 Å². The number of phenolic OH excluding ortho intramolecular Hbond substituents is 1. The second kappa shape index (κ2) is 11.7. The Kier molecular flexibility index (Phi) is 8.71. The highest BCUT2D eigenvalue weighted by Gasteiger charge is 2.64. The molecule has 0 aliphatic heterocycles. The Labute approximate surface area is 256 Å². The molecule has 0 unspecified atom stereocenters. The molecule has 1 saturated carbocycles. The van der Waals surface area contributed by atoms with Crippen LogP contribution in [0.15, 0.2) is 47.2 Å². The molecule has 0 saturated heterocycles. The molecule has 0 bridgehead atoms. The second-order valence-electron chi connectivity index (χ2n) is 12.0. The van der Waals surface area contributed by atoms with Crippen molar-refractivity contribution in [1.29, 1.82) is 0 Å². The summed E-state index contributed by atoms with van der Waals surface area (Å²) >= 11 is 0. The van der Waals surface area contributed by atoms with E-state index in [-0.39, 0.29) is 43.2 Å².